The van der Waals surface area contributed by atoms with Crippen LogP contribution in [0.5, 0.6) is 5.75 Å². The van der Waals surface area contributed by atoms with Crippen LogP contribution in [0.2, 0.25) is 0 Å². The second-order valence-electron chi connectivity index (χ2n) is 6.07. The van der Waals surface area contributed by atoms with Gasteiger partial charge in [0.2, 0.25) is 0 Å². The van der Waals surface area contributed by atoms with Crippen LogP contribution in [-0.2, 0) is 0 Å². The molecule has 140 valence electrons. The van der Waals surface area contributed by atoms with Crippen LogP contribution in [0.4, 0.5) is 5.69 Å². The molecule has 0 saturated carbocycles. The molecule has 1 unspecified atom stereocenters. The van der Waals surface area contributed by atoms with E-state index in [9.17, 15) is 0 Å². The molecular formula is C20H27IN4O. The highest BCUT2D eigenvalue weighted by Gasteiger charge is 2.23. The van der Waals surface area contributed by atoms with Crippen LogP contribution in [0.1, 0.15) is 6.42 Å². The number of ether oxygens (including phenoxy) is 1. The Morgan fingerprint density at radius 2 is 1.81 bits per heavy atom. The van der Waals surface area contributed by atoms with Gasteiger partial charge in [0, 0.05) is 31.9 Å². The molecule has 2 N–H and O–H groups in total. The fourth-order valence-electron chi connectivity index (χ4n) is 2.99. The maximum atomic E-state index is 5.69. The fraction of sp³-hybridized carbons (Fsp3) is 0.350. The number of guanidine groups is 1. The largest absolute Gasteiger partial charge is 0.492 e. The molecule has 1 aliphatic rings. The van der Waals surface area contributed by atoms with E-state index in [-0.39, 0.29) is 24.0 Å². The van der Waals surface area contributed by atoms with E-state index in [0.717, 1.165) is 31.2 Å². The molecule has 2 aromatic carbocycles. The standard InChI is InChI=1S/C20H26N4O.HI/c1-21-20(22-13-15-25-19-10-6-3-7-11-19)23-17-12-14-24(16-17)18-8-4-2-5-9-18;/h2-11,17H,12-16H2,1H3,(H2,21,22,23);1H. The van der Waals surface area contributed by atoms with Gasteiger partial charge in [-0.25, -0.2) is 0 Å². The molecule has 1 fully saturated rings. The third kappa shape index (κ3) is 6.09. The lowest BCUT2D eigenvalue weighted by molar-refractivity contribution is 0.321. The Hall–Kier alpha value is -1.96. The van der Waals surface area contributed by atoms with Crippen molar-refractivity contribution in [3.05, 3.63) is 60.7 Å². The lowest BCUT2D eigenvalue weighted by Gasteiger charge is -2.20. The lowest BCUT2D eigenvalue weighted by atomic mass is 10.3. The Morgan fingerprint density at radius 1 is 1.12 bits per heavy atom. The summed E-state index contributed by atoms with van der Waals surface area (Å²) in [7, 11) is 1.80. The van der Waals surface area contributed by atoms with Crippen LogP contribution in [0.15, 0.2) is 65.7 Å². The molecule has 1 saturated heterocycles. The number of rotatable bonds is 6. The number of hydrogen-bond acceptors (Lipinski definition) is 3. The summed E-state index contributed by atoms with van der Waals surface area (Å²) in [6.45, 7) is 3.37. The van der Waals surface area contributed by atoms with Gasteiger partial charge < -0.3 is 20.3 Å². The van der Waals surface area contributed by atoms with E-state index in [1.54, 1.807) is 7.05 Å². The minimum Gasteiger partial charge on any atom is -0.492 e. The van der Waals surface area contributed by atoms with Crippen LogP contribution >= 0.6 is 24.0 Å². The number of anilines is 1. The van der Waals surface area contributed by atoms with Crippen molar-refractivity contribution in [1.82, 2.24) is 10.6 Å². The first kappa shape index (κ1) is 20.4. The van der Waals surface area contributed by atoms with Crippen LogP contribution < -0.4 is 20.3 Å². The van der Waals surface area contributed by atoms with Crippen molar-refractivity contribution in [2.45, 2.75) is 12.5 Å². The first-order valence-corrected chi connectivity index (χ1v) is 8.80. The summed E-state index contributed by atoms with van der Waals surface area (Å²) in [6.07, 6.45) is 1.11. The quantitative estimate of drug-likeness (QED) is 0.297. The van der Waals surface area contributed by atoms with Gasteiger partial charge in [-0.15, -0.1) is 24.0 Å². The van der Waals surface area contributed by atoms with Gasteiger partial charge in [-0.3, -0.25) is 4.99 Å². The normalized spacial score (nSPS) is 16.7. The predicted molar refractivity (Wildman–Crippen MR) is 119 cm³/mol. The average molecular weight is 466 g/mol. The van der Waals surface area contributed by atoms with Gasteiger partial charge in [0.05, 0.1) is 6.54 Å². The highest BCUT2D eigenvalue weighted by molar-refractivity contribution is 14.0. The molecular weight excluding hydrogens is 439 g/mol. The summed E-state index contributed by atoms with van der Waals surface area (Å²) in [5, 5.41) is 6.82. The number of nitrogens with one attached hydrogen (secondary N) is 2. The van der Waals surface area contributed by atoms with E-state index in [2.05, 4.69) is 50.9 Å². The van der Waals surface area contributed by atoms with E-state index in [1.165, 1.54) is 5.69 Å². The van der Waals surface area contributed by atoms with E-state index in [1.807, 2.05) is 30.3 Å². The summed E-state index contributed by atoms with van der Waals surface area (Å²) in [5.41, 5.74) is 1.28. The average Bonchev–Trinajstić information content (AvgIpc) is 3.14. The molecule has 0 spiro atoms. The molecule has 0 aromatic heterocycles. The van der Waals surface area contributed by atoms with E-state index >= 15 is 0 Å². The summed E-state index contributed by atoms with van der Waals surface area (Å²) in [5.74, 6) is 1.72. The van der Waals surface area contributed by atoms with Crippen molar-refractivity contribution in [2.75, 3.05) is 38.2 Å². The molecule has 26 heavy (non-hydrogen) atoms. The molecule has 3 rings (SSSR count). The summed E-state index contributed by atoms with van der Waals surface area (Å²) < 4.78 is 5.69. The maximum Gasteiger partial charge on any atom is 0.191 e. The predicted octanol–water partition coefficient (Wildman–Crippen LogP) is 3.13. The number of benzene rings is 2. The molecule has 0 amide bonds. The number of aliphatic imine (C=N–C) groups is 1. The number of halogens is 1. The van der Waals surface area contributed by atoms with Crippen molar-refractivity contribution in [3.63, 3.8) is 0 Å². The molecule has 6 heteroatoms. The topological polar surface area (TPSA) is 48.9 Å². The van der Waals surface area contributed by atoms with Crippen molar-refractivity contribution in [2.24, 2.45) is 4.99 Å². The van der Waals surface area contributed by atoms with E-state index < -0.39 is 0 Å². The Kier molecular flexibility index (Phi) is 8.53. The highest BCUT2D eigenvalue weighted by Crippen LogP contribution is 2.19. The minimum absolute atomic E-state index is 0. The van der Waals surface area contributed by atoms with Gasteiger partial charge in [-0.05, 0) is 30.7 Å². The number of hydrogen-bond donors (Lipinski definition) is 2. The van der Waals surface area contributed by atoms with Crippen molar-refractivity contribution in [1.29, 1.82) is 0 Å². The third-order valence-corrected chi connectivity index (χ3v) is 4.28. The second-order valence-corrected chi connectivity index (χ2v) is 6.07. The van der Waals surface area contributed by atoms with Crippen LogP contribution in [0, 0.1) is 0 Å². The smallest absolute Gasteiger partial charge is 0.191 e. The van der Waals surface area contributed by atoms with Crippen molar-refractivity contribution < 1.29 is 4.74 Å². The molecule has 1 aliphatic heterocycles. The zero-order valence-electron chi connectivity index (χ0n) is 15.1. The summed E-state index contributed by atoms with van der Waals surface area (Å²) in [6, 6.07) is 20.8. The van der Waals surface area contributed by atoms with Gasteiger partial charge in [0.25, 0.3) is 0 Å². The Morgan fingerprint density at radius 3 is 2.50 bits per heavy atom. The van der Waals surface area contributed by atoms with E-state index in [4.69, 9.17) is 4.74 Å². The van der Waals surface area contributed by atoms with Crippen LogP contribution in [0.25, 0.3) is 0 Å². The maximum absolute atomic E-state index is 5.69. The second kappa shape index (κ2) is 10.9. The molecule has 0 aliphatic carbocycles. The molecule has 0 radical (unpaired) electrons. The highest BCUT2D eigenvalue weighted by atomic mass is 127. The monoisotopic (exact) mass is 466 g/mol. The van der Waals surface area contributed by atoms with Gasteiger partial charge >= 0.3 is 0 Å². The molecule has 2 aromatic rings. The minimum atomic E-state index is 0. The van der Waals surface area contributed by atoms with Gasteiger partial charge in [-0.2, -0.15) is 0 Å². The summed E-state index contributed by atoms with van der Waals surface area (Å²) in [4.78, 5) is 6.72. The molecule has 1 atom stereocenters. The van der Waals surface area contributed by atoms with Crippen molar-refractivity contribution in [3.8, 4) is 5.75 Å². The third-order valence-electron chi connectivity index (χ3n) is 4.28. The SMILES string of the molecule is CN=C(NCCOc1ccccc1)NC1CCN(c2ccccc2)C1.I. The Labute approximate surface area is 172 Å². The van der Waals surface area contributed by atoms with Gasteiger partial charge in [-0.1, -0.05) is 36.4 Å². The fourth-order valence-corrected chi connectivity index (χ4v) is 2.99. The van der Waals surface area contributed by atoms with Crippen molar-refractivity contribution >= 4 is 35.6 Å². The lowest BCUT2D eigenvalue weighted by Crippen LogP contribution is -2.45. The van der Waals surface area contributed by atoms with Crippen LogP contribution in [0.3, 0.4) is 0 Å². The Balaban J connectivity index is 0.00000243. The van der Waals surface area contributed by atoms with E-state index in [0.29, 0.717) is 19.2 Å². The first-order chi connectivity index (χ1) is 12.3. The number of nitrogens with zero attached hydrogens (tertiary/aromatic N) is 2. The first-order valence-electron chi connectivity index (χ1n) is 8.80. The Bertz CT molecular complexity index is 666. The summed E-state index contributed by atoms with van der Waals surface area (Å²) >= 11 is 0. The molecule has 1 heterocycles. The zero-order valence-corrected chi connectivity index (χ0v) is 17.4. The van der Waals surface area contributed by atoms with Crippen LogP contribution in [-0.4, -0.2) is 45.3 Å². The zero-order chi connectivity index (χ0) is 17.3. The molecule has 5 nitrogen and oxygen atoms in total. The van der Waals surface area contributed by atoms with Gasteiger partial charge in [0.1, 0.15) is 12.4 Å². The molecule has 0 bridgehead atoms. The number of para-hydroxylation sites is 2. The van der Waals surface area contributed by atoms with Gasteiger partial charge in [0.15, 0.2) is 5.96 Å².